The Morgan fingerprint density at radius 2 is 1.94 bits per heavy atom. The predicted octanol–water partition coefficient (Wildman–Crippen LogP) is 2.27. The van der Waals surface area contributed by atoms with E-state index in [1.807, 2.05) is 0 Å². The zero-order chi connectivity index (χ0) is 13.8. The van der Waals surface area contributed by atoms with Crippen LogP contribution in [0.25, 0.3) is 0 Å². The van der Waals surface area contributed by atoms with Gasteiger partial charge in [0.2, 0.25) is 0 Å². The molecule has 96 valence electrons. The fourth-order valence-electron chi connectivity index (χ4n) is 1.31. The first kappa shape index (κ1) is 13.9. The van der Waals surface area contributed by atoms with E-state index >= 15 is 0 Å². The summed E-state index contributed by atoms with van der Waals surface area (Å²) in [6.07, 6.45) is 5.36. The van der Waals surface area contributed by atoms with Crippen LogP contribution in [0.1, 0.15) is 24.2 Å². The van der Waals surface area contributed by atoms with Crippen molar-refractivity contribution in [1.29, 1.82) is 0 Å². The van der Waals surface area contributed by atoms with Crippen molar-refractivity contribution >= 4 is 5.97 Å². The molecule has 0 saturated heterocycles. The van der Waals surface area contributed by atoms with E-state index in [2.05, 4.69) is 10.7 Å². The van der Waals surface area contributed by atoms with Gasteiger partial charge in [-0.15, -0.1) is 6.42 Å². The van der Waals surface area contributed by atoms with Gasteiger partial charge in [0, 0.05) is 0 Å². The third-order valence-corrected chi connectivity index (χ3v) is 2.30. The van der Waals surface area contributed by atoms with Gasteiger partial charge in [0.1, 0.15) is 0 Å². The Kier molecular flexibility index (Phi) is 4.22. The number of terminal acetylenes is 1. The van der Waals surface area contributed by atoms with E-state index in [0.717, 1.165) is 0 Å². The van der Waals surface area contributed by atoms with Crippen molar-refractivity contribution in [3.8, 4) is 23.8 Å². The topological polar surface area (TPSA) is 44.8 Å². The summed E-state index contributed by atoms with van der Waals surface area (Å²) in [6, 6.07) is 4.78. The molecule has 0 fully saturated rings. The standard InChI is InChI=1S/C14H16O4/c1-6-14(2,3)18-12-9-10(13(15)17-5)7-8-11(12)16-4/h1,7-9H,2-5H3. The third-order valence-electron chi connectivity index (χ3n) is 2.30. The summed E-state index contributed by atoms with van der Waals surface area (Å²) < 4.78 is 15.4. The van der Waals surface area contributed by atoms with Crippen molar-refractivity contribution in [3.63, 3.8) is 0 Å². The van der Waals surface area contributed by atoms with Crippen molar-refractivity contribution in [3.05, 3.63) is 23.8 Å². The maximum atomic E-state index is 11.4. The lowest BCUT2D eigenvalue weighted by atomic mass is 10.1. The molecule has 0 atom stereocenters. The first-order valence-electron chi connectivity index (χ1n) is 5.36. The summed E-state index contributed by atoms with van der Waals surface area (Å²) in [4.78, 5) is 11.4. The molecule has 0 aliphatic heterocycles. The van der Waals surface area contributed by atoms with Gasteiger partial charge in [-0.1, -0.05) is 5.92 Å². The number of methoxy groups -OCH3 is 2. The molecule has 4 heteroatoms. The molecule has 18 heavy (non-hydrogen) atoms. The van der Waals surface area contributed by atoms with Gasteiger partial charge in [0.05, 0.1) is 19.8 Å². The fourth-order valence-corrected chi connectivity index (χ4v) is 1.31. The molecule has 0 aliphatic carbocycles. The van der Waals surface area contributed by atoms with Gasteiger partial charge in [-0.05, 0) is 32.0 Å². The maximum Gasteiger partial charge on any atom is 0.337 e. The molecule has 0 N–H and O–H groups in total. The van der Waals surface area contributed by atoms with Crippen LogP contribution in [0.5, 0.6) is 11.5 Å². The average Bonchev–Trinajstić information content (AvgIpc) is 2.37. The Hall–Kier alpha value is -2.15. The molecule has 0 radical (unpaired) electrons. The number of benzene rings is 1. The monoisotopic (exact) mass is 248 g/mol. The summed E-state index contributed by atoms with van der Waals surface area (Å²) in [7, 11) is 2.83. The number of carbonyl (C=O) groups is 1. The second-order valence-corrected chi connectivity index (χ2v) is 4.11. The molecule has 0 bridgehead atoms. The molecule has 1 rings (SSSR count). The van der Waals surface area contributed by atoms with Crippen LogP contribution in [0, 0.1) is 12.3 Å². The summed E-state index contributed by atoms with van der Waals surface area (Å²) in [6.45, 7) is 3.49. The van der Waals surface area contributed by atoms with E-state index in [1.165, 1.54) is 14.2 Å². The molecule has 0 saturated carbocycles. The molecule has 0 spiro atoms. The highest BCUT2D eigenvalue weighted by Crippen LogP contribution is 2.31. The first-order valence-corrected chi connectivity index (χ1v) is 5.36. The van der Waals surface area contributed by atoms with Crippen LogP contribution < -0.4 is 9.47 Å². The van der Waals surface area contributed by atoms with Crippen LogP contribution in [-0.2, 0) is 4.74 Å². The lowest BCUT2D eigenvalue weighted by molar-refractivity contribution is 0.0599. The first-order chi connectivity index (χ1) is 8.43. The van der Waals surface area contributed by atoms with Crippen LogP contribution in [0.15, 0.2) is 18.2 Å². The molecule has 0 unspecified atom stereocenters. The summed E-state index contributed by atoms with van der Waals surface area (Å²) in [5, 5.41) is 0. The average molecular weight is 248 g/mol. The van der Waals surface area contributed by atoms with Crippen molar-refractivity contribution in [2.45, 2.75) is 19.4 Å². The van der Waals surface area contributed by atoms with Crippen LogP contribution in [-0.4, -0.2) is 25.8 Å². The normalized spacial score (nSPS) is 10.4. The summed E-state index contributed by atoms with van der Waals surface area (Å²) >= 11 is 0. The zero-order valence-electron chi connectivity index (χ0n) is 10.9. The van der Waals surface area contributed by atoms with Gasteiger partial charge < -0.3 is 14.2 Å². The Balaban J connectivity index is 3.15. The Labute approximate surface area is 107 Å². The van der Waals surface area contributed by atoms with E-state index in [-0.39, 0.29) is 0 Å². The maximum absolute atomic E-state index is 11.4. The SMILES string of the molecule is C#CC(C)(C)Oc1cc(C(=O)OC)ccc1OC. The highest BCUT2D eigenvalue weighted by molar-refractivity contribution is 5.90. The van der Waals surface area contributed by atoms with E-state index < -0.39 is 11.6 Å². The Bertz CT molecular complexity index is 483. The van der Waals surface area contributed by atoms with Crippen molar-refractivity contribution in [1.82, 2.24) is 0 Å². The van der Waals surface area contributed by atoms with Gasteiger partial charge >= 0.3 is 5.97 Å². The van der Waals surface area contributed by atoms with E-state index in [0.29, 0.717) is 17.1 Å². The summed E-state index contributed by atoms with van der Waals surface area (Å²) in [5.41, 5.74) is -0.414. The van der Waals surface area contributed by atoms with E-state index in [9.17, 15) is 4.79 Å². The third kappa shape index (κ3) is 3.17. The van der Waals surface area contributed by atoms with Crippen molar-refractivity contribution < 1.29 is 19.0 Å². The van der Waals surface area contributed by atoms with Crippen LogP contribution in [0.3, 0.4) is 0 Å². The Morgan fingerprint density at radius 1 is 1.28 bits per heavy atom. The lowest BCUT2D eigenvalue weighted by Gasteiger charge is -2.22. The van der Waals surface area contributed by atoms with Gasteiger partial charge in [-0.3, -0.25) is 0 Å². The molecule has 1 aromatic carbocycles. The van der Waals surface area contributed by atoms with Gasteiger partial charge in [-0.25, -0.2) is 4.79 Å². The Morgan fingerprint density at radius 3 is 2.44 bits per heavy atom. The van der Waals surface area contributed by atoms with E-state index in [1.54, 1.807) is 32.0 Å². The lowest BCUT2D eigenvalue weighted by Crippen LogP contribution is -2.25. The highest BCUT2D eigenvalue weighted by Gasteiger charge is 2.20. The quantitative estimate of drug-likeness (QED) is 0.605. The fraction of sp³-hybridized carbons (Fsp3) is 0.357. The second kappa shape index (κ2) is 5.46. The van der Waals surface area contributed by atoms with Crippen molar-refractivity contribution in [2.75, 3.05) is 14.2 Å². The molecule has 0 amide bonds. The molecule has 0 heterocycles. The van der Waals surface area contributed by atoms with Crippen LogP contribution >= 0.6 is 0 Å². The zero-order valence-corrected chi connectivity index (χ0v) is 10.9. The number of ether oxygens (including phenoxy) is 3. The summed E-state index contributed by atoms with van der Waals surface area (Å²) in [5.74, 6) is 2.98. The highest BCUT2D eigenvalue weighted by atomic mass is 16.5. The minimum atomic E-state index is -0.790. The van der Waals surface area contributed by atoms with Gasteiger partial charge in [0.25, 0.3) is 0 Å². The number of carbonyl (C=O) groups excluding carboxylic acids is 1. The number of esters is 1. The van der Waals surface area contributed by atoms with Crippen LogP contribution in [0.4, 0.5) is 0 Å². The number of hydrogen-bond donors (Lipinski definition) is 0. The minimum absolute atomic E-state index is 0.376. The largest absolute Gasteiger partial charge is 0.493 e. The smallest absolute Gasteiger partial charge is 0.337 e. The van der Waals surface area contributed by atoms with Gasteiger partial charge in [0.15, 0.2) is 17.1 Å². The molecule has 4 nitrogen and oxygen atoms in total. The van der Waals surface area contributed by atoms with Gasteiger partial charge in [-0.2, -0.15) is 0 Å². The molecule has 0 aliphatic rings. The molecule has 0 aromatic heterocycles. The van der Waals surface area contributed by atoms with E-state index in [4.69, 9.17) is 15.9 Å². The molecular formula is C14H16O4. The molecular weight excluding hydrogens is 232 g/mol. The number of rotatable bonds is 4. The van der Waals surface area contributed by atoms with Crippen molar-refractivity contribution in [2.24, 2.45) is 0 Å². The van der Waals surface area contributed by atoms with Crippen LogP contribution in [0.2, 0.25) is 0 Å². The minimum Gasteiger partial charge on any atom is -0.493 e. The number of hydrogen-bond acceptors (Lipinski definition) is 4. The second-order valence-electron chi connectivity index (χ2n) is 4.11. The predicted molar refractivity (Wildman–Crippen MR) is 67.9 cm³/mol. The molecule has 1 aromatic rings.